The molecular weight excluding hydrogens is 230 g/mol. The number of nitrogens with one attached hydrogen (secondary N) is 1. The van der Waals surface area contributed by atoms with Crippen LogP contribution in [0.1, 0.15) is 31.1 Å². The lowest BCUT2D eigenvalue weighted by molar-refractivity contribution is -0.108. The van der Waals surface area contributed by atoms with Crippen LogP contribution in [0.4, 0.5) is 0 Å². The third kappa shape index (κ3) is 4.13. The standard InChI is InChI=1S/C14H21NO3/c1-10-7-5-6-8-13(10)14(17-9-16-4)11(2)18-12(3)15/h5-8,11,14-15H,9H2,1-4H3. The molecule has 4 heteroatoms. The lowest BCUT2D eigenvalue weighted by atomic mass is 10.00. The number of hydrogen-bond acceptors (Lipinski definition) is 4. The molecule has 1 rings (SSSR count). The van der Waals surface area contributed by atoms with E-state index >= 15 is 0 Å². The van der Waals surface area contributed by atoms with Crippen molar-refractivity contribution >= 4 is 5.90 Å². The van der Waals surface area contributed by atoms with Crippen molar-refractivity contribution in [1.29, 1.82) is 5.41 Å². The minimum absolute atomic E-state index is 0.183. The highest BCUT2D eigenvalue weighted by molar-refractivity contribution is 5.69. The van der Waals surface area contributed by atoms with Gasteiger partial charge in [0.05, 0.1) is 0 Å². The maximum absolute atomic E-state index is 7.40. The smallest absolute Gasteiger partial charge is 0.177 e. The van der Waals surface area contributed by atoms with E-state index in [1.54, 1.807) is 14.0 Å². The van der Waals surface area contributed by atoms with Gasteiger partial charge in [0.25, 0.3) is 0 Å². The predicted molar refractivity (Wildman–Crippen MR) is 70.8 cm³/mol. The van der Waals surface area contributed by atoms with E-state index < -0.39 is 0 Å². The molecular formula is C14H21NO3. The van der Waals surface area contributed by atoms with Gasteiger partial charge in [0, 0.05) is 14.0 Å². The summed E-state index contributed by atoms with van der Waals surface area (Å²) >= 11 is 0. The second kappa shape index (κ2) is 7.13. The molecule has 0 amide bonds. The molecule has 0 aliphatic heterocycles. The number of benzene rings is 1. The van der Waals surface area contributed by atoms with Crippen LogP contribution in [0, 0.1) is 12.3 Å². The van der Waals surface area contributed by atoms with Crippen molar-refractivity contribution in [2.75, 3.05) is 13.9 Å². The second-order valence-corrected chi connectivity index (χ2v) is 4.23. The summed E-state index contributed by atoms with van der Waals surface area (Å²) in [6, 6.07) is 7.99. The summed E-state index contributed by atoms with van der Waals surface area (Å²) in [5.41, 5.74) is 2.19. The third-order valence-electron chi connectivity index (χ3n) is 2.65. The largest absolute Gasteiger partial charge is 0.475 e. The fourth-order valence-electron chi connectivity index (χ4n) is 1.87. The van der Waals surface area contributed by atoms with Crippen LogP contribution in [-0.4, -0.2) is 25.9 Å². The topological polar surface area (TPSA) is 51.5 Å². The van der Waals surface area contributed by atoms with Gasteiger partial charge in [0.15, 0.2) is 5.90 Å². The molecule has 0 aliphatic rings. The van der Waals surface area contributed by atoms with Gasteiger partial charge in [0.1, 0.15) is 19.0 Å². The van der Waals surface area contributed by atoms with Crippen LogP contribution in [-0.2, 0) is 14.2 Å². The summed E-state index contributed by atoms with van der Waals surface area (Å²) in [6.07, 6.45) is -0.481. The zero-order chi connectivity index (χ0) is 13.5. The average Bonchev–Trinajstić information content (AvgIpc) is 2.31. The van der Waals surface area contributed by atoms with E-state index in [2.05, 4.69) is 0 Å². The Kier molecular flexibility index (Phi) is 5.82. The van der Waals surface area contributed by atoms with E-state index in [0.29, 0.717) is 0 Å². The van der Waals surface area contributed by atoms with Crippen LogP contribution in [0.25, 0.3) is 0 Å². The number of ether oxygens (including phenoxy) is 3. The highest BCUT2D eigenvalue weighted by atomic mass is 16.7. The monoisotopic (exact) mass is 251 g/mol. The quantitative estimate of drug-likeness (QED) is 0.480. The number of hydrogen-bond donors (Lipinski definition) is 1. The summed E-state index contributed by atoms with van der Waals surface area (Å²) in [5, 5.41) is 7.40. The molecule has 2 unspecified atom stereocenters. The highest BCUT2D eigenvalue weighted by Crippen LogP contribution is 2.26. The average molecular weight is 251 g/mol. The molecule has 4 nitrogen and oxygen atoms in total. The molecule has 0 saturated heterocycles. The molecule has 2 atom stereocenters. The molecule has 0 spiro atoms. The maximum atomic E-state index is 7.40. The third-order valence-corrected chi connectivity index (χ3v) is 2.65. The highest BCUT2D eigenvalue weighted by Gasteiger charge is 2.23. The first-order valence-electron chi connectivity index (χ1n) is 5.94. The van der Waals surface area contributed by atoms with Crippen LogP contribution in [0.2, 0.25) is 0 Å². The number of methoxy groups -OCH3 is 1. The van der Waals surface area contributed by atoms with E-state index in [0.717, 1.165) is 11.1 Å². The summed E-state index contributed by atoms with van der Waals surface area (Å²) in [7, 11) is 1.59. The Morgan fingerprint density at radius 3 is 2.56 bits per heavy atom. The van der Waals surface area contributed by atoms with Crippen molar-refractivity contribution in [2.45, 2.75) is 33.0 Å². The van der Waals surface area contributed by atoms with Gasteiger partial charge < -0.3 is 14.2 Å². The van der Waals surface area contributed by atoms with Gasteiger partial charge in [-0.3, -0.25) is 5.41 Å². The van der Waals surface area contributed by atoms with Crippen LogP contribution in [0.3, 0.4) is 0 Å². The Balaban J connectivity index is 2.90. The number of aryl methyl sites for hydroxylation is 1. The van der Waals surface area contributed by atoms with Crippen LogP contribution < -0.4 is 0 Å². The molecule has 0 aliphatic carbocycles. The van der Waals surface area contributed by atoms with E-state index in [1.165, 1.54) is 0 Å². The first kappa shape index (κ1) is 14.7. The second-order valence-electron chi connectivity index (χ2n) is 4.23. The van der Waals surface area contributed by atoms with Crippen LogP contribution in [0.5, 0.6) is 0 Å². The maximum Gasteiger partial charge on any atom is 0.177 e. The molecule has 0 heterocycles. The zero-order valence-electron chi connectivity index (χ0n) is 11.4. The van der Waals surface area contributed by atoms with Crippen molar-refractivity contribution in [3.8, 4) is 0 Å². The molecule has 1 aromatic carbocycles. The summed E-state index contributed by atoms with van der Waals surface area (Å²) < 4.78 is 16.1. The molecule has 0 aromatic heterocycles. The Morgan fingerprint density at radius 2 is 2.00 bits per heavy atom. The fraction of sp³-hybridized carbons (Fsp3) is 0.500. The van der Waals surface area contributed by atoms with Crippen LogP contribution >= 0.6 is 0 Å². The molecule has 0 radical (unpaired) electrons. The van der Waals surface area contributed by atoms with Gasteiger partial charge >= 0.3 is 0 Å². The zero-order valence-corrected chi connectivity index (χ0v) is 11.4. The Morgan fingerprint density at radius 1 is 1.33 bits per heavy atom. The fourth-order valence-corrected chi connectivity index (χ4v) is 1.87. The molecule has 18 heavy (non-hydrogen) atoms. The molecule has 1 N–H and O–H groups in total. The summed E-state index contributed by atoms with van der Waals surface area (Å²) in [4.78, 5) is 0. The van der Waals surface area contributed by atoms with E-state index in [9.17, 15) is 0 Å². The van der Waals surface area contributed by atoms with Gasteiger partial charge in [-0.2, -0.15) is 0 Å². The minimum atomic E-state index is -0.244. The van der Waals surface area contributed by atoms with E-state index in [1.807, 2.05) is 38.1 Å². The van der Waals surface area contributed by atoms with Gasteiger partial charge in [-0.25, -0.2) is 0 Å². The predicted octanol–water partition coefficient (Wildman–Crippen LogP) is 3.06. The number of rotatable bonds is 6. The van der Waals surface area contributed by atoms with Gasteiger partial charge in [-0.1, -0.05) is 24.3 Å². The first-order chi connectivity index (χ1) is 8.56. The van der Waals surface area contributed by atoms with Crippen molar-refractivity contribution in [2.24, 2.45) is 0 Å². The first-order valence-corrected chi connectivity index (χ1v) is 5.94. The Hall–Kier alpha value is -1.39. The Labute approximate surface area is 108 Å². The van der Waals surface area contributed by atoms with E-state index in [4.69, 9.17) is 19.6 Å². The summed E-state index contributed by atoms with van der Waals surface area (Å²) in [6.45, 7) is 5.73. The van der Waals surface area contributed by atoms with Gasteiger partial charge in [0.2, 0.25) is 0 Å². The van der Waals surface area contributed by atoms with Gasteiger partial charge in [-0.05, 0) is 25.0 Å². The normalized spacial score (nSPS) is 14.0. The minimum Gasteiger partial charge on any atom is -0.475 e. The van der Waals surface area contributed by atoms with Crippen molar-refractivity contribution in [3.05, 3.63) is 35.4 Å². The van der Waals surface area contributed by atoms with Crippen molar-refractivity contribution < 1.29 is 14.2 Å². The Bertz CT molecular complexity index is 392. The lowest BCUT2D eigenvalue weighted by Crippen LogP contribution is -2.25. The van der Waals surface area contributed by atoms with Crippen molar-refractivity contribution in [1.82, 2.24) is 0 Å². The van der Waals surface area contributed by atoms with Gasteiger partial charge in [-0.15, -0.1) is 0 Å². The lowest BCUT2D eigenvalue weighted by Gasteiger charge is -2.26. The van der Waals surface area contributed by atoms with Crippen molar-refractivity contribution in [3.63, 3.8) is 0 Å². The molecule has 0 saturated carbocycles. The molecule has 1 aromatic rings. The van der Waals surface area contributed by atoms with Crippen LogP contribution in [0.15, 0.2) is 24.3 Å². The molecule has 0 bridgehead atoms. The molecule has 100 valence electrons. The molecule has 0 fully saturated rings. The summed E-state index contributed by atoms with van der Waals surface area (Å²) in [5.74, 6) is 0.183. The van der Waals surface area contributed by atoms with E-state index in [-0.39, 0.29) is 24.9 Å². The SMILES string of the molecule is COCOC(c1ccccc1C)C(C)OC(C)=N.